The number of hydrogen-bond acceptors (Lipinski definition) is 3. The quantitative estimate of drug-likeness (QED) is 0.882. The van der Waals surface area contributed by atoms with Crippen LogP contribution in [0.5, 0.6) is 0 Å². The second-order valence-electron chi connectivity index (χ2n) is 3.24. The van der Waals surface area contributed by atoms with Crippen LogP contribution in [0.3, 0.4) is 0 Å². The fraction of sp³-hybridized carbons (Fsp3) is 0.182. The number of nitrogens with zero attached hydrogens (tertiary/aromatic N) is 1. The van der Waals surface area contributed by atoms with E-state index >= 15 is 0 Å². The summed E-state index contributed by atoms with van der Waals surface area (Å²) in [6.07, 6.45) is 1.82. The van der Waals surface area contributed by atoms with Crippen LogP contribution < -0.4 is 5.32 Å². The highest BCUT2D eigenvalue weighted by atomic mass is 35.5. The Kier molecular flexibility index (Phi) is 3.23. The Balaban J connectivity index is 2.05. The molecule has 0 radical (unpaired) electrons. The van der Waals surface area contributed by atoms with E-state index in [1.807, 2.05) is 36.7 Å². The molecular formula is C11H11ClN2S. The van der Waals surface area contributed by atoms with Gasteiger partial charge in [-0.1, -0.05) is 11.6 Å². The summed E-state index contributed by atoms with van der Waals surface area (Å²) < 4.78 is 0. The monoisotopic (exact) mass is 238 g/mol. The third kappa shape index (κ3) is 2.70. The second kappa shape index (κ2) is 4.64. The molecule has 0 aliphatic carbocycles. The first kappa shape index (κ1) is 10.5. The van der Waals surface area contributed by atoms with E-state index in [0.717, 1.165) is 27.8 Å². The van der Waals surface area contributed by atoms with Gasteiger partial charge < -0.3 is 5.32 Å². The summed E-state index contributed by atoms with van der Waals surface area (Å²) in [4.78, 5) is 4.21. The van der Waals surface area contributed by atoms with Crippen LogP contribution in [0.4, 0.5) is 5.69 Å². The fourth-order valence-electron chi connectivity index (χ4n) is 1.34. The van der Waals surface area contributed by atoms with Gasteiger partial charge in [0.25, 0.3) is 0 Å². The lowest BCUT2D eigenvalue weighted by Crippen LogP contribution is -2.00. The van der Waals surface area contributed by atoms with E-state index in [-0.39, 0.29) is 0 Å². The van der Waals surface area contributed by atoms with E-state index in [0.29, 0.717) is 0 Å². The van der Waals surface area contributed by atoms with Crippen molar-refractivity contribution in [2.45, 2.75) is 13.5 Å². The molecule has 0 saturated carbocycles. The number of halogens is 1. The largest absolute Gasteiger partial charge is 0.378 e. The fourth-order valence-corrected chi connectivity index (χ4v) is 2.12. The summed E-state index contributed by atoms with van der Waals surface area (Å²) in [5.41, 5.74) is 2.26. The third-order valence-corrected chi connectivity index (χ3v) is 3.12. The molecule has 0 fully saturated rings. The minimum absolute atomic E-state index is 0.764. The van der Waals surface area contributed by atoms with Gasteiger partial charge in [-0.05, 0) is 30.7 Å². The van der Waals surface area contributed by atoms with E-state index in [1.165, 1.54) is 0 Å². The molecule has 1 heterocycles. The zero-order valence-electron chi connectivity index (χ0n) is 8.33. The Bertz CT molecular complexity index is 440. The van der Waals surface area contributed by atoms with Gasteiger partial charge in [0.05, 0.1) is 6.54 Å². The molecule has 0 aliphatic rings. The van der Waals surface area contributed by atoms with Gasteiger partial charge in [-0.2, -0.15) is 0 Å². The van der Waals surface area contributed by atoms with Gasteiger partial charge >= 0.3 is 0 Å². The Labute approximate surface area is 97.9 Å². The van der Waals surface area contributed by atoms with E-state index in [4.69, 9.17) is 11.6 Å². The Morgan fingerprint density at radius 3 is 3.00 bits per heavy atom. The molecule has 0 saturated heterocycles. The van der Waals surface area contributed by atoms with Crippen LogP contribution in [0.25, 0.3) is 0 Å². The van der Waals surface area contributed by atoms with Gasteiger partial charge in [0.2, 0.25) is 0 Å². The molecule has 1 aromatic heterocycles. The minimum atomic E-state index is 0.764. The molecule has 0 amide bonds. The van der Waals surface area contributed by atoms with Crippen molar-refractivity contribution in [3.8, 4) is 0 Å². The predicted octanol–water partition coefficient (Wildman–Crippen LogP) is 3.72. The topological polar surface area (TPSA) is 24.9 Å². The molecule has 0 aliphatic heterocycles. The van der Waals surface area contributed by atoms with Crippen molar-refractivity contribution in [1.29, 1.82) is 0 Å². The van der Waals surface area contributed by atoms with Crippen molar-refractivity contribution in [2.24, 2.45) is 0 Å². The van der Waals surface area contributed by atoms with Crippen LogP contribution in [0.1, 0.15) is 10.6 Å². The lowest BCUT2D eigenvalue weighted by Gasteiger charge is -2.07. The number of aryl methyl sites for hydroxylation is 1. The Hall–Kier alpha value is -1.06. The van der Waals surface area contributed by atoms with Crippen molar-refractivity contribution in [3.05, 3.63) is 45.4 Å². The standard InChI is InChI=1S/C11H11ClN2S/c1-8-6-9(12)2-3-10(8)14-7-11-13-4-5-15-11/h2-6,14H,7H2,1H3. The van der Waals surface area contributed by atoms with Crippen molar-refractivity contribution >= 4 is 28.6 Å². The summed E-state index contributed by atoms with van der Waals surface area (Å²) in [6, 6.07) is 5.83. The third-order valence-electron chi connectivity index (χ3n) is 2.10. The number of hydrogen-bond donors (Lipinski definition) is 1. The number of aromatic nitrogens is 1. The molecule has 2 rings (SSSR count). The molecule has 1 aromatic carbocycles. The van der Waals surface area contributed by atoms with Crippen LogP contribution in [0.2, 0.25) is 5.02 Å². The maximum absolute atomic E-state index is 5.88. The summed E-state index contributed by atoms with van der Waals surface area (Å²) >= 11 is 7.53. The lowest BCUT2D eigenvalue weighted by molar-refractivity contribution is 1.10. The predicted molar refractivity (Wildman–Crippen MR) is 65.6 cm³/mol. The summed E-state index contributed by atoms with van der Waals surface area (Å²) in [5.74, 6) is 0. The van der Waals surface area contributed by atoms with Gasteiger partial charge in [-0.15, -0.1) is 11.3 Å². The first-order chi connectivity index (χ1) is 7.25. The van der Waals surface area contributed by atoms with Crippen LogP contribution in [-0.2, 0) is 6.54 Å². The average molecular weight is 239 g/mol. The van der Waals surface area contributed by atoms with Gasteiger partial charge in [0.1, 0.15) is 5.01 Å². The number of nitrogens with one attached hydrogen (secondary N) is 1. The van der Waals surface area contributed by atoms with E-state index in [2.05, 4.69) is 10.3 Å². The first-order valence-corrected chi connectivity index (χ1v) is 5.90. The molecule has 0 bridgehead atoms. The van der Waals surface area contributed by atoms with Crippen molar-refractivity contribution in [3.63, 3.8) is 0 Å². The molecule has 1 N–H and O–H groups in total. The number of benzene rings is 1. The van der Waals surface area contributed by atoms with Crippen LogP contribution in [-0.4, -0.2) is 4.98 Å². The van der Waals surface area contributed by atoms with Crippen LogP contribution >= 0.6 is 22.9 Å². The minimum Gasteiger partial charge on any atom is -0.378 e. The number of anilines is 1. The first-order valence-electron chi connectivity index (χ1n) is 4.64. The van der Waals surface area contributed by atoms with Gasteiger partial charge in [-0.25, -0.2) is 4.98 Å². The van der Waals surface area contributed by atoms with Crippen molar-refractivity contribution < 1.29 is 0 Å². The summed E-state index contributed by atoms with van der Waals surface area (Å²) in [7, 11) is 0. The molecule has 78 valence electrons. The summed E-state index contributed by atoms with van der Waals surface area (Å²) in [5, 5.41) is 7.17. The molecular weight excluding hydrogens is 228 g/mol. The highest BCUT2D eigenvalue weighted by Gasteiger charge is 1.99. The molecule has 0 spiro atoms. The molecule has 0 atom stereocenters. The zero-order valence-corrected chi connectivity index (χ0v) is 9.90. The maximum atomic E-state index is 5.88. The van der Waals surface area contributed by atoms with E-state index in [1.54, 1.807) is 11.3 Å². The Morgan fingerprint density at radius 2 is 2.33 bits per heavy atom. The maximum Gasteiger partial charge on any atom is 0.112 e. The molecule has 4 heteroatoms. The zero-order chi connectivity index (χ0) is 10.7. The van der Waals surface area contributed by atoms with Crippen molar-refractivity contribution in [1.82, 2.24) is 4.98 Å². The SMILES string of the molecule is Cc1cc(Cl)ccc1NCc1nccs1. The highest BCUT2D eigenvalue weighted by Crippen LogP contribution is 2.20. The normalized spacial score (nSPS) is 10.3. The van der Waals surface area contributed by atoms with Gasteiger partial charge in [0, 0.05) is 22.3 Å². The van der Waals surface area contributed by atoms with Crippen LogP contribution in [0, 0.1) is 6.92 Å². The molecule has 2 nitrogen and oxygen atoms in total. The van der Waals surface area contributed by atoms with E-state index < -0.39 is 0 Å². The molecule has 2 aromatic rings. The Morgan fingerprint density at radius 1 is 1.47 bits per heavy atom. The number of thiazole rings is 1. The van der Waals surface area contributed by atoms with Gasteiger partial charge in [-0.3, -0.25) is 0 Å². The van der Waals surface area contributed by atoms with Crippen molar-refractivity contribution in [2.75, 3.05) is 5.32 Å². The van der Waals surface area contributed by atoms with E-state index in [9.17, 15) is 0 Å². The molecule has 0 unspecified atom stereocenters. The van der Waals surface area contributed by atoms with Crippen LogP contribution in [0.15, 0.2) is 29.8 Å². The number of rotatable bonds is 3. The second-order valence-corrected chi connectivity index (χ2v) is 4.65. The van der Waals surface area contributed by atoms with Gasteiger partial charge in [0.15, 0.2) is 0 Å². The highest BCUT2D eigenvalue weighted by molar-refractivity contribution is 7.09. The average Bonchev–Trinajstić information content (AvgIpc) is 2.69. The smallest absolute Gasteiger partial charge is 0.112 e. The molecule has 15 heavy (non-hydrogen) atoms. The lowest BCUT2D eigenvalue weighted by atomic mass is 10.2. The summed E-state index contributed by atoms with van der Waals surface area (Å²) in [6.45, 7) is 2.80.